The highest BCUT2D eigenvalue weighted by atomic mass is 127. The molecule has 0 aromatic heterocycles. The Kier molecular flexibility index (Phi) is 4.61. The zero-order valence-electron chi connectivity index (χ0n) is 10.6. The lowest BCUT2D eigenvalue weighted by molar-refractivity contribution is 0.0573. The number of nitrogens with zero attached hydrogens (tertiary/aromatic N) is 1. The first-order valence-electron chi connectivity index (χ1n) is 6.38. The summed E-state index contributed by atoms with van der Waals surface area (Å²) in [5.74, 6) is 0.785. The molecular formula is C14H19IN2O. The highest BCUT2D eigenvalue weighted by Crippen LogP contribution is 2.23. The summed E-state index contributed by atoms with van der Waals surface area (Å²) in [6, 6.07) is 7.93. The first-order chi connectivity index (χ1) is 8.61. The molecule has 18 heavy (non-hydrogen) atoms. The predicted octanol–water partition coefficient (Wildman–Crippen LogP) is 2.49. The Morgan fingerprint density at radius 3 is 2.72 bits per heavy atom. The fraction of sp³-hybridized carbons (Fsp3) is 0.500. The Labute approximate surface area is 122 Å². The van der Waals surface area contributed by atoms with Crippen molar-refractivity contribution in [3.63, 3.8) is 0 Å². The second-order valence-corrected chi connectivity index (χ2v) is 6.27. The van der Waals surface area contributed by atoms with Crippen LogP contribution in [0, 0.1) is 9.49 Å². The molecule has 1 amide bonds. The summed E-state index contributed by atoms with van der Waals surface area (Å²) in [5, 5.41) is 0. The lowest BCUT2D eigenvalue weighted by Crippen LogP contribution is -2.49. The van der Waals surface area contributed by atoms with Gasteiger partial charge in [0.1, 0.15) is 0 Å². The summed E-state index contributed by atoms with van der Waals surface area (Å²) in [6.07, 6.45) is 2.10. The van der Waals surface area contributed by atoms with E-state index in [1.807, 2.05) is 29.2 Å². The van der Waals surface area contributed by atoms with Gasteiger partial charge in [-0.15, -0.1) is 0 Å². The van der Waals surface area contributed by atoms with E-state index in [2.05, 4.69) is 29.5 Å². The molecule has 1 heterocycles. The number of benzene rings is 1. The fourth-order valence-corrected chi connectivity index (χ4v) is 2.86. The molecule has 1 aliphatic rings. The van der Waals surface area contributed by atoms with Gasteiger partial charge in [-0.1, -0.05) is 6.92 Å². The van der Waals surface area contributed by atoms with Gasteiger partial charge in [-0.2, -0.15) is 0 Å². The third-order valence-corrected chi connectivity index (χ3v) is 4.32. The second-order valence-electron chi connectivity index (χ2n) is 5.02. The van der Waals surface area contributed by atoms with E-state index in [4.69, 9.17) is 5.73 Å². The highest BCUT2D eigenvalue weighted by molar-refractivity contribution is 14.1. The van der Waals surface area contributed by atoms with E-state index in [1.165, 1.54) is 0 Å². The number of carbonyl (C=O) groups is 1. The number of halogens is 1. The molecule has 2 N–H and O–H groups in total. The lowest BCUT2D eigenvalue weighted by Gasteiger charge is -2.38. The van der Waals surface area contributed by atoms with Crippen molar-refractivity contribution in [1.82, 2.24) is 4.90 Å². The summed E-state index contributed by atoms with van der Waals surface area (Å²) >= 11 is 2.24. The number of nitrogens with two attached hydrogens (primary N) is 1. The molecule has 0 saturated carbocycles. The second kappa shape index (κ2) is 6.02. The third-order valence-electron chi connectivity index (χ3n) is 3.60. The lowest BCUT2D eigenvalue weighted by atomic mass is 9.92. The maximum absolute atomic E-state index is 12.5. The summed E-state index contributed by atoms with van der Waals surface area (Å²) in [7, 11) is 0. The number of hydrogen-bond donors (Lipinski definition) is 1. The molecule has 0 bridgehead atoms. The molecular weight excluding hydrogens is 339 g/mol. The van der Waals surface area contributed by atoms with Crippen molar-refractivity contribution in [2.45, 2.75) is 25.8 Å². The monoisotopic (exact) mass is 358 g/mol. The largest absolute Gasteiger partial charge is 0.334 e. The molecule has 1 aliphatic heterocycles. The third kappa shape index (κ3) is 3.03. The number of amides is 1. The number of likely N-dealkylation sites (tertiary alicyclic amines) is 1. The van der Waals surface area contributed by atoms with Crippen LogP contribution in [0.3, 0.4) is 0 Å². The Morgan fingerprint density at radius 2 is 2.11 bits per heavy atom. The Bertz CT molecular complexity index is 418. The summed E-state index contributed by atoms with van der Waals surface area (Å²) in [6.45, 7) is 3.61. The number of carbonyl (C=O) groups excluding carboxylic acids is 1. The highest BCUT2D eigenvalue weighted by Gasteiger charge is 2.29. The van der Waals surface area contributed by atoms with Crippen molar-refractivity contribution in [2.75, 3.05) is 13.1 Å². The van der Waals surface area contributed by atoms with E-state index in [0.717, 1.165) is 28.5 Å². The molecule has 1 saturated heterocycles. The Balaban J connectivity index is 2.14. The van der Waals surface area contributed by atoms with Gasteiger partial charge in [0.2, 0.25) is 0 Å². The summed E-state index contributed by atoms with van der Waals surface area (Å²) < 4.78 is 1.15. The van der Waals surface area contributed by atoms with Gasteiger partial charge in [-0.3, -0.25) is 4.79 Å². The van der Waals surface area contributed by atoms with Crippen LogP contribution in [0.25, 0.3) is 0 Å². The predicted molar refractivity (Wildman–Crippen MR) is 81.4 cm³/mol. The SMILES string of the molecule is CC1CCN(C(=O)c2ccc(I)cc2)C(CN)C1. The fourth-order valence-electron chi connectivity index (χ4n) is 2.50. The van der Waals surface area contributed by atoms with Gasteiger partial charge in [0, 0.05) is 28.3 Å². The molecule has 0 spiro atoms. The average Bonchev–Trinajstić information content (AvgIpc) is 2.38. The molecule has 2 unspecified atom stereocenters. The van der Waals surface area contributed by atoms with Crippen LogP contribution in [0.1, 0.15) is 30.1 Å². The molecule has 98 valence electrons. The van der Waals surface area contributed by atoms with Gasteiger partial charge in [0.05, 0.1) is 0 Å². The van der Waals surface area contributed by atoms with E-state index >= 15 is 0 Å². The van der Waals surface area contributed by atoms with Crippen molar-refractivity contribution in [1.29, 1.82) is 0 Å². The quantitative estimate of drug-likeness (QED) is 0.826. The van der Waals surface area contributed by atoms with Crippen molar-refractivity contribution in [3.8, 4) is 0 Å². The molecule has 4 heteroatoms. The number of piperidine rings is 1. The van der Waals surface area contributed by atoms with E-state index in [1.54, 1.807) is 0 Å². The number of rotatable bonds is 2. The van der Waals surface area contributed by atoms with Crippen molar-refractivity contribution < 1.29 is 4.79 Å². The zero-order chi connectivity index (χ0) is 13.1. The van der Waals surface area contributed by atoms with E-state index in [-0.39, 0.29) is 11.9 Å². The molecule has 2 atom stereocenters. The van der Waals surface area contributed by atoms with Crippen LogP contribution in [-0.4, -0.2) is 29.9 Å². The first-order valence-corrected chi connectivity index (χ1v) is 7.46. The molecule has 2 rings (SSSR count). The molecule has 0 aliphatic carbocycles. The van der Waals surface area contributed by atoms with Crippen LogP contribution in [0.5, 0.6) is 0 Å². The van der Waals surface area contributed by atoms with Crippen molar-refractivity contribution in [2.24, 2.45) is 11.7 Å². The van der Waals surface area contributed by atoms with Crippen molar-refractivity contribution in [3.05, 3.63) is 33.4 Å². The van der Waals surface area contributed by atoms with Gasteiger partial charge >= 0.3 is 0 Å². The van der Waals surface area contributed by atoms with Crippen LogP contribution < -0.4 is 5.73 Å². The van der Waals surface area contributed by atoms with Crippen LogP contribution in [0.15, 0.2) is 24.3 Å². The van der Waals surface area contributed by atoms with E-state index in [0.29, 0.717) is 12.5 Å². The first kappa shape index (κ1) is 13.8. The van der Waals surface area contributed by atoms with Crippen LogP contribution >= 0.6 is 22.6 Å². The summed E-state index contributed by atoms with van der Waals surface area (Å²) in [4.78, 5) is 14.4. The average molecular weight is 358 g/mol. The minimum absolute atomic E-state index is 0.119. The minimum atomic E-state index is 0.119. The van der Waals surface area contributed by atoms with Crippen LogP contribution in [0.2, 0.25) is 0 Å². The van der Waals surface area contributed by atoms with Gasteiger partial charge in [-0.05, 0) is 65.6 Å². The standard InChI is InChI=1S/C14H19IN2O/c1-10-6-7-17(13(8-10)9-16)14(18)11-2-4-12(15)5-3-11/h2-5,10,13H,6-9,16H2,1H3. The van der Waals surface area contributed by atoms with Gasteiger partial charge < -0.3 is 10.6 Å². The van der Waals surface area contributed by atoms with Gasteiger partial charge in [0.25, 0.3) is 5.91 Å². The normalized spacial score (nSPS) is 24.1. The Morgan fingerprint density at radius 1 is 1.44 bits per heavy atom. The molecule has 1 aromatic carbocycles. The van der Waals surface area contributed by atoms with Crippen molar-refractivity contribution >= 4 is 28.5 Å². The van der Waals surface area contributed by atoms with Crippen LogP contribution in [-0.2, 0) is 0 Å². The van der Waals surface area contributed by atoms with Gasteiger partial charge in [-0.25, -0.2) is 0 Å². The van der Waals surface area contributed by atoms with E-state index in [9.17, 15) is 4.79 Å². The zero-order valence-corrected chi connectivity index (χ0v) is 12.8. The summed E-state index contributed by atoms with van der Waals surface area (Å²) in [5.41, 5.74) is 6.57. The number of hydrogen-bond acceptors (Lipinski definition) is 2. The topological polar surface area (TPSA) is 46.3 Å². The smallest absolute Gasteiger partial charge is 0.254 e. The van der Waals surface area contributed by atoms with Crippen LogP contribution in [0.4, 0.5) is 0 Å². The maximum atomic E-state index is 12.5. The molecule has 1 fully saturated rings. The molecule has 1 aromatic rings. The minimum Gasteiger partial charge on any atom is -0.334 e. The van der Waals surface area contributed by atoms with E-state index < -0.39 is 0 Å². The maximum Gasteiger partial charge on any atom is 0.254 e. The molecule has 0 radical (unpaired) electrons. The van der Waals surface area contributed by atoms with Gasteiger partial charge in [0.15, 0.2) is 0 Å². The Hall–Kier alpha value is -0.620. The molecule has 3 nitrogen and oxygen atoms in total.